The third kappa shape index (κ3) is 4.66. The topological polar surface area (TPSA) is 62.3 Å². The number of pyridine rings is 1. The normalized spacial score (nSPS) is 19.8. The highest BCUT2D eigenvalue weighted by Crippen LogP contribution is 2.59. The van der Waals surface area contributed by atoms with E-state index in [0.29, 0.717) is 13.0 Å². The fourth-order valence-corrected chi connectivity index (χ4v) is 4.53. The van der Waals surface area contributed by atoms with Gasteiger partial charge in [-0.3, -0.25) is 14.6 Å². The number of likely N-dealkylation sites (tertiary alicyclic amines) is 1. The molecule has 1 aromatic carbocycles. The van der Waals surface area contributed by atoms with E-state index in [4.69, 9.17) is 0 Å². The lowest BCUT2D eigenvalue weighted by Crippen LogP contribution is -2.40. The van der Waals surface area contributed by atoms with Crippen LogP contribution in [0.4, 0.5) is 0 Å². The Hall–Kier alpha value is -2.69. The average molecular weight is 392 g/mol. The zero-order valence-corrected chi connectivity index (χ0v) is 17.1. The lowest BCUT2D eigenvalue weighted by Gasteiger charge is -2.33. The molecule has 5 nitrogen and oxygen atoms in total. The fraction of sp³-hybridized carbons (Fsp3) is 0.458. The number of nitrogens with zero attached hydrogens (tertiary/aromatic N) is 2. The molecule has 1 atom stereocenters. The summed E-state index contributed by atoms with van der Waals surface area (Å²) in [5, 5.41) is 3.05. The van der Waals surface area contributed by atoms with E-state index in [1.165, 1.54) is 5.56 Å². The van der Waals surface area contributed by atoms with E-state index in [9.17, 15) is 9.59 Å². The molecule has 2 aliphatic rings. The van der Waals surface area contributed by atoms with Crippen molar-refractivity contribution >= 4 is 11.8 Å². The van der Waals surface area contributed by atoms with Crippen molar-refractivity contribution in [3.05, 3.63) is 65.5 Å². The van der Waals surface area contributed by atoms with Crippen molar-refractivity contribution in [2.24, 2.45) is 11.3 Å². The van der Waals surface area contributed by atoms with E-state index in [1.54, 1.807) is 0 Å². The Kier molecular flexibility index (Phi) is 5.65. The third-order valence-electron chi connectivity index (χ3n) is 6.48. The van der Waals surface area contributed by atoms with E-state index in [0.717, 1.165) is 50.2 Å². The number of aromatic nitrogens is 1. The van der Waals surface area contributed by atoms with Crippen LogP contribution in [0.1, 0.15) is 42.6 Å². The molecule has 1 aliphatic heterocycles. The first-order chi connectivity index (χ1) is 14.1. The molecule has 1 saturated carbocycles. The van der Waals surface area contributed by atoms with Gasteiger partial charge in [-0.1, -0.05) is 36.4 Å². The van der Waals surface area contributed by atoms with Crippen molar-refractivity contribution in [1.82, 2.24) is 15.2 Å². The SMILES string of the molecule is Cc1cccc(CNC(=O)[C@@H]2CC23CCN(C(=O)CCc2ccccc2)CC3)n1. The molecular formula is C24H29N3O2. The Bertz CT molecular complexity index is 873. The van der Waals surface area contributed by atoms with Gasteiger partial charge in [0.15, 0.2) is 0 Å². The maximum Gasteiger partial charge on any atom is 0.224 e. The average Bonchev–Trinajstić information content (AvgIpc) is 3.45. The van der Waals surface area contributed by atoms with E-state index in [1.807, 2.05) is 48.2 Å². The maximum atomic E-state index is 12.6. The van der Waals surface area contributed by atoms with Crippen molar-refractivity contribution in [2.45, 2.75) is 45.6 Å². The fourth-order valence-electron chi connectivity index (χ4n) is 4.53. The zero-order valence-electron chi connectivity index (χ0n) is 17.1. The lowest BCUT2D eigenvalue weighted by molar-refractivity contribution is -0.132. The van der Waals surface area contributed by atoms with Crippen LogP contribution in [0.5, 0.6) is 0 Å². The van der Waals surface area contributed by atoms with Gasteiger partial charge in [-0.25, -0.2) is 0 Å². The van der Waals surface area contributed by atoms with Gasteiger partial charge in [0.2, 0.25) is 11.8 Å². The summed E-state index contributed by atoms with van der Waals surface area (Å²) in [6.07, 6.45) is 4.17. The number of rotatable bonds is 6. The van der Waals surface area contributed by atoms with E-state index < -0.39 is 0 Å². The van der Waals surface area contributed by atoms with Gasteiger partial charge in [-0.15, -0.1) is 0 Å². The monoisotopic (exact) mass is 391 g/mol. The molecule has 0 unspecified atom stereocenters. The minimum absolute atomic E-state index is 0.0916. The molecular weight excluding hydrogens is 362 g/mol. The zero-order chi connectivity index (χ0) is 20.3. The highest BCUT2D eigenvalue weighted by atomic mass is 16.2. The summed E-state index contributed by atoms with van der Waals surface area (Å²) in [5.74, 6) is 0.460. The van der Waals surface area contributed by atoms with Crippen LogP contribution < -0.4 is 5.32 Å². The van der Waals surface area contributed by atoms with Crippen LogP contribution in [-0.4, -0.2) is 34.8 Å². The van der Waals surface area contributed by atoms with Gasteiger partial charge in [-0.05, 0) is 55.7 Å². The number of nitrogens with one attached hydrogen (secondary N) is 1. The number of piperidine rings is 1. The molecule has 152 valence electrons. The quantitative estimate of drug-likeness (QED) is 0.822. The van der Waals surface area contributed by atoms with Gasteiger partial charge in [0.05, 0.1) is 12.2 Å². The molecule has 1 spiro atoms. The molecule has 0 radical (unpaired) electrons. The molecule has 1 aliphatic carbocycles. The third-order valence-corrected chi connectivity index (χ3v) is 6.48. The molecule has 1 saturated heterocycles. The minimum atomic E-state index is 0.0916. The number of amides is 2. The van der Waals surface area contributed by atoms with Crippen LogP contribution in [0.3, 0.4) is 0 Å². The van der Waals surface area contributed by atoms with Crippen LogP contribution in [0.15, 0.2) is 48.5 Å². The number of carbonyl (C=O) groups is 2. The number of hydrogen-bond acceptors (Lipinski definition) is 3. The maximum absolute atomic E-state index is 12.6. The predicted molar refractivity (Wildman–Crippen MR) is 112 cm³/mol. The van der Waals surface area contributed by atoms with E-state index in [2.05, 4.69) is 22.4 Å². The van der Waals surface area contributed by atoms with Gasteiger partial charge in [0.1, 0.15) is 0 Å². The number of aryl methyl sites for hydroxylation is 2. The molecule has 4 rings (SSSR count). The highest BCUT2D eigenvalue weighted by molar-refractivity contribution is 5.82. The second-order valence-electron chi connectivity index (χ2n) is 8.47. The second-order valence-corrected chi connectivity index (χ2v) is 8.47. The van der Waals surface area contributed by atoms with E-state index in [-0.39, 0.29) is 23.1 Å². The Morgan fingerprint density at radius 1 is 1.10 bits per heavy atom. The van der Waals surface area contributed by atoms with Gasteiger partial charge < -0.3 is 10.2 Å². The first-order valence-electron chi connectivity index (χ1n) is 10.6. The molecule has 2 fully saturated rings. The van der Waals surface area contributed by atoms with Crippen molar-refractivity contribution in [3.63, 3.8) is 0 Å². The largest absolute Gasteiger partial charge is 0.350 e. The van der Waals surface area contributed by atoms with Crippen LogP contribution in [0.25, 0.3) is 0 Å². The molecule has 2 aromatic rings. The summed E-state index contributed by atoms with van der Waals surface area (Å²) >= 11 is 0. The molecule has 1 aromatic heterocycles. The first-order valence-corrected chi connectivity index (χ1v) is 10.6. The summed E-state index contributed by atoms with van der Waals surface area (Å²) in [6, 6.07) is 16.0. The Balaban J connectivity index is 1.21. The molecule has 0 bridgehead atoms. The van der Waals surface area contributed by atoms with Crippen LogP contribution in [-0.2, 0) is 22.6 Å². The Morgan fingerprint density at radius 3 is 2.59 bits per heavy atom. The van der Waals surface area contributed by atoms with Gasteiger partial charge in [0, 0.05) is 31.1 Å². The van der Waals surface area contributed by atoms with E-state index >= 15 is 0 Å². The second kappa shape index (κ2) is 8.36. The van der Waals surface area contributed by atoms with Crippen molar-refractivity contribution < 1.29 is 9.59 Å². The van der Waals surface area contributed by atoms with Crippen LogP contribution >= 0.6 is 0 Å². The summed E-state index contributed by atoms with van der Waals surface area (Å²) in [4.78, 5) is 31.6. The Morgan fingerprint density at radius 2 is 1.86 bits per heavy atom. The highest BCUT2D eigenvalue weighted by Gasteiger charge is 2.58. The predicted octanol–water partition coefficient (Wildman–Crippen LogP) is 3.27. The lowest BCUT2D eigenvalue weighted by atomic mass is 9.90. The van der Waals surface area contributed by atoms with Gasteiger partial charge in [-0.2, -0.15) is 0 Å². The van der Waals surface area contributed by atoms with Crippen LogP contribution in [0, 0.1) is 18.3 Å². The summed E-state index contributed by atoms with van der Waals surface area (Å²) in [7, 11) is 0. The molecule has 5 heteroatoms. The first kappa shape index (κ1) is 19.6. The van der Waals surface area contributed by atoms with Gasteiger partial charge in [0.25, 0.3) is 0 Å². The molecule has 1 N–H and O–H groups in total. The number of carbonyl (C=O) groups excluding carboxylic acids is 2. The minimum Gasteiger partial charge on any atom is -0.350 e. The molecule has 29 heavy (non-hydrogen) atoms. The smallest absolute Gasteiger partial charge is 0.224 e. The summed E-state index contributed by atoms with van der Waals surface area (Å²) in [6.45, 7) is 3.99. The van der Waals surface area contributed by atoms with Crippen LogP contribution in [0.2, 0.25) is 0 Å². The number of benzene rings is 1. The molecule has 2 heterocycles. The standard InChI is InChI=1S/C24H29N3O2/c1-18-6-5-9-20(26-18)17-25-23(29)21-16-24(21)12-14-27(15-13-24)22(28)11-10-19-7-3-2-4-8-19/h2-9,21H,10-17H2,1H3,(H,25,29)/t21-/m0/s1. The number of hydrogen-bond donors (Lipinski definition) is 1. The van der Waals surface area contributed by atoms with Crippen molar-refractivity contribution in [1.29, 1.82) is 0 Å². The summed E-state index contributed by atoms with van der Waals surface area (Å²) in [5.41, 5.74) is 3.17. The van der Waals surface area contributed by atoms with Gasteiger partial charge >= 0.3 is 0 Å². The Labute approximate surface area is 172 Å². The van der Waals surface area contributed by atoms with Crippen molar-refractivity contribution in [3.8, 4) is 0 Å². The molecule has 2 amide bonds. The summed E-state index contributed by atoms with van der Waals surface area (Å²) < 4.78 is 0. The van der Waals surface area contributed by atoms with Crippen molar-refractivity contribution in [2.75, 3.05) is 13.1 Å².